The number of aryl methyl sites for hydroxylation is 2. The van der Waals surface area contributed by atoms with Gasteiger partial charge in [0.2, 0.25) is 0 Å². The van der Waals surface area contributed by atoms with Crippen molar-refractivity contribution >= 4 is 33.4 Å². The van der Waals surface area contributed by atoms with Gasteiger partial charge in [-0.05, 0) is 49.8 Å². The SMILES string of the molecule is CN1C(=O)[C@@]23C[C@](C)(C#N)[C@H](c4ccc5c(c4)CCC5)N2C(=O)[C@]1(C)SS3. The Morgan fingerprint density at radius 3 is 2.63 bits per heavy atom. The first-order valence-electron chi connectivity index (χ1n) is 9.29. The number of nitrogens with zero attached hydrogens (tertiary/aromatic N) is 3. The van der Waals surface area contributed by atoms with Crippen molar-refractivity contribution < 1.29 is 9.59 Å². The second-order valence-electron chi connectivity index (χ2n) is 8.46. The lowest BCUT2D eigenvalue weighted by atomic mass is 9.79. The monoisotopic (exact) mass is 399 g/mol. The zero-order valence-corrected chi connectivity index (χ0v) is 17.2. The van der Waals surface area contributed by atoms with E-state index in [4.69, 9.17) is 0 Å². The molecule has 4 saturated heterocycles. The minimum atomic E-state index is -0.984. The molecular formula is C20H21N3O2S2. The van der Waals surface area contributed by atoms with Gasteiger partial charge in [0.25, 0.3) is 11.8 Å². The van der Waals surface area contributed by atoms with E-state index in [-0.39, 0.29) is 11.8 Å². The Kier molecular flexibility index (Phi) is 3.38. The molecule has 5 aliphatic rings. The van der Waals surface area contributed by atoms with Gasteiger partial charge < -0.3 is 9.80 Å². The molecule has 1 spiro atoms. The lowest BCUT2D eigenvalue weighted by molar-refractivity contribution is -0.164. The number of fused-ring (bicyclic) bond motifs is 3. The van der Waals surface area contributed by atoms with Crippen LogP contribution in [0.4, 0.5) is 0 Å². The molecule has 0 radical (unpaired) electrons. The molecule has 27 heavy (non-hydrogen) atoms. The first-order valence-corrected chi connectivity index (χ1v) is 11.4. The standard InChI is InChI=1S/C20H21N3O2S2/c1-18(11-21)10-20-17(25)22(3)19(2,26-27-20)16(24)23(20)15(18)14-8-7-12-5-4-6-13(12)9-14/h7-9,15H,4-6,10H2,1-3H3/t15-,18+,19-,20-/m0/s1. The van der Waals surface area contributed by atoms with Crippen LogP contribution in [0.2, 0.25) is 0 Å². The van der Waals surface area contributed by atoms with Crippen LogP contribution in [0.15, 0.2) is 18.2 Å². The molecule has 4 heterocycles. The molecule has 0 saturated carbocycles. The highest BCUT2D eigenvalue weighted by Crippen LogP contribution is 2.69. The van der Waals surface area contributed by atoms with Crippen molar-refractivity contribution in [3.05, 3.63) is 34.9 Å². The number of hydrogen-bond acceptors (Lipinski definition) is 5. The number of benzene rings is 1. The Morgan fingerprint density at radius 2 is 1.89 bits per heavy atom. The highest BCUT2D eigenvalue weighted by molar-refractivity contribution is 8.78. The molecule has 1 aromatic rings. The second-order valence-corrected chi connectivity index (χ2v) is 11.3. The summed E-state index contributed by atoms with van der Waals surface area (Å²) in [5.41, 5.74) is 2.87. The highest BCUT2D eigenvalue weighted by Gasteiger charge is 2.74. The average Bonchev–Trinajstić information content (AvgIpc) is 3.23. The summed E-state index contributed by atoms with van der Waals surface area (Å²) >= 11 is 0. The third-order valence-corrected chi connectivity index (χ3v) is 10.5. The summed E-state index contributed by atoms with van der Waals surface area (Å²) in [7, 11) is 4.63. The van der Waals surface area contributed by atoms with Crippen molar-refractivity contribution in [3.8, 4) is 6.07 Å². The van der Waals surface area contributed by atoms with E-state index < -0.39 is 21.2 Å². The molecule has 6 rings (SSSR count). The topological polar surface area (TPSA) is 64.4 Å². The molecule has 0 N–H and O–H groups in total. The first kappa shape index (κ1) is 17.4. The molecule has 0 aromatic heterocycles. The van der Waals surface area contributed by atoms with Gasteiger partial charge in [-0.3, -0.25) is 9.59 Å². The number of carbonyl (C=O) groups excluding carboxylic acids is 2. The van der Waals surface area contributed by atoms with Crippen LogP contribution in [-0.2, 0) is 22.4 Å². The average molecular weight is 400 g/mol. The van der Waals surface area contributed by atoms with E-state index in [0.717, 1.165) is 24.8 Å². The zero-order valence-electron chi connectivity index (χ0n) is 15.6. The minimum Gasteiger partial charge on any atom is -0.319 e. The van der Waals surface area contributed by atoms with Crippen molar-refractivity contribution in [1.29, 1.82) is 5.26 Å². The quantitative estimate of drug-likeness (QED) is 0.678. The molecule has 1 aromatic carbocycles. The molecule has 140 valence electrons. The molecule has 0 unspecified atom stereocenters. The molecule has 2 amide bonds. The molecular weight excluding hydrogens is 378 g/mol. The Balaban J connectivity index is 1.71. The molecule has 1 aliphatic carbocycles. The first-order chi connectivity index (χ1) is 12.8. The van der Waals surface area contributed by atoms with Gasteiger partial charge in [0, 0.05) is 13.5 Å². The van der Waals surface area contributed by atoms with E-state index in [1.807, 2.05) is 13.8 Å². The van der Waals surface area contributed by atoms with E-state index in [1.54, 1.807) is 16.8 Å². The molecule has 4 fully saturated rings. The van der Waals surface area contributed by atoms with Crippen LogP contribution in [0.3, 0.4) is 0 Å². The van der Waals surface area contributed by atoms with Crippen molar-refractivity contribution in [1.82, 2.24) is 9.80 Å². The normalized spacial score (nSPS) is 39.6. The summed E-state index contributed by atoms with van der Waals surface area (Å²) in [6.45, 7) is 3.72. The van der Waals surface area contributed by atoms with Gasteiger partial charge in [0.1, 0.15) is 0 Å². The fraction of sp³-hybridized carbons (Fsp3) is 0.550. The van der Waals surface area contributed by atoms with Crippen LogP contribution < -0.4 is 0 Å². The summed E-state index contributed by atoms with van der Waals surface area (Å²) < 4.78 is 0. The lowest BCUT2D eigenvalue weighted by Crippen LogP contribution is -2.73. The number of carbonyl (C=O) groups is 2. The predicted molar refractivity (Wildman–Crippen MR) is 105 cm³/mol. The fourth-order valence-corrected chi connectivity index (χ4v) is 8.76. The van der Waals surface area contributed by atoms with E-state index in [1.165, 1.54) is 32.7 Å². The zero-order chi connectivity index (χ0) is 19.2. The summed E-state index contributed by atoms with van der Waals surface area (Å²) in [6.07, 6.45) is 3.65. The molecule has 4 atom stereocenters. The number of amides is 2. The molecule has 4 aliphatic heterocycles. The van der Waals surface area contributed by atoms with Crippen molar-refractivity contribution in [3.63, 3.8) is 0 Å². The van der Waals surface area contributed by atoms with Crippen LogP contribution in [0, 0.1) is 16.7 Å². The van der Waals surface area contributed by atoms with Crippen LogP contribution in [0.5, 0.6) is 0 Å². The predicted octanol–water partition coefficient (Wildman–Crippen LogP) is 3.26. The van der Waals surface area contributed by atoms with Crippen molar-refractivity contribution in [2.24, 2.45) is 5.41 Å². The van der Waals surface area contributed by atoms with Gasteiger partial charge in [-0.25, -0.2) is 0 Å². The van der Waals surface area contributed by atoms with E-state index in [0.29, 0.717) is 6.42 Å². The second kappa shape index (κ2) is 5.24. The summed E-state index contributed by atoms with van der Waals surface area (Å²) in [6, 6.07) is 8.45. The minimum absolute atomic E-state index is 0.0570. The number of rotatable bonds is 1. The Bertz CT molecular complexity index is 944. The van der Waals surface area contributed by atoms with E-state index >= 15 is 0 Å². The van der Waals surface area contributed by atoms with E-state index in [9.17, 15) is 14.9 Å². The fourth-order valence-electron chi connectivity index (χ4n) is 5.18. The molecule has 2 bridgehead atoms. The third-order valence-electron chi connectivity index (χ3n) is 6.79. The summed E-state index contributed by atoms with van der Waals surface area (Å²) in [5, 5.41) is 10.1. The maximum Gasteiger partial charge on any atom is 0.261 e. The summed E-state index contributed by atoms with van der Waals surface area (Å²) in [5.74, 6) is -0.115. The lowest BCUT2D eigenvalue weighted by Gasteiger charge is -2.57. The van der Waals surface area contributed by atoms with Gasteiger partial charge in [0.15, 0.2) is 9.74 Å². The maximum atomic E-state index is 13.6. The number of nitriles is 1. The molecule has 5 nitrogen and oxygen atoms in total. The van der Waals surface area contributed by atoms with Crippen LogP contribution in [0.1, 0.15) is 49.4 Å². The van der Waals surface area contributed by atoms with Gasteiger partial charge in [-0.2, -0.15) is 5.26 Å². The van der Waals surface area contributed by atoms with Gasteiger partial charge in [0.05, 0.1) is 17.5 Å². The van der Waals surface area contributed by atoms with Gasteiger partial charge >= 0.3 is 0 Å². The number of piperazine rings is 1. The number of likely N-dealkylation sites (N-methyl/N-ethyl adjacent to an activating group) is 1. The van der Waals surface area contributed by atoms with Gasteiger partial charge in [-0.15, -0.1) is 0 Å². The highest BCUT2D eigenvalue weighted by atomic mass is 33.1. The number of hydrogen-bond donors (Lipinski definition) is 0. The van der Waals surface area contributed by atoms with Crippen LogP contribution >= 0.6 is 21.6 Å². The molecule has 7 heteroatoms. The van der Waals surface area contributed by atoms with Crippen molar-refractivity contribution in [2.45, 2.75) is 55.3 Å². The Morgan fingerprint density at radius 1 is 1.15 bits per heavy atom. The smallest absolute Gasteiger partial charge is 0.261 e. The van der Waals surface area contributed by atoms with Crippen molar-refractivity contribution in [2.75, 3.05) is 7.05 Å². The third kappa shape index (κ3) is 1.93. The Hall–Kier alpha value is -1.65. The summed E-state index contributed by atoms with van der Waals surface area (Å²) in [4.78, 5) is 28.3. The largest absolute Gasteiger partial charge is 0.319 e. The van der Waals surface area contributed by atoms with Crippen LogP contribution in [0.25, 0.3) is 0 Å². The maximum absolute atomic E-state index is 13.6. The Labute approximate surface area is 166 Å². The van der Waals surface area contributed by atoms with E-state index in [2.05, 4.69) is 24.3 Å². The van der Waals surface area contributed by atoms with Gasteiger partial charge in [-0.1, -0.05) is 39.8 Å². The van der Waals surface area contributed by atoms with Crippen LogP contribution in [-0.4, -0.2) is 38.4 Å².